The zero-order chi connectivity index (χ0) is 12.3. The molecular weight excluding hydrogens is 272 g/mol. The van der Waals surface area contributed by atoms with E-state index in [1.165, 1.54) is 11.3 Å². The molecule has 0 spiro atoms. The van der Waals surface area contributed by atoms with Gasteiger partial charge in [-0.25, -0.2) is 4.98 Å². The lowest BCUT2D eigenvalue weighted by atomic mass is 10.1. The zero-order valence-corrected chi connectivity index (χ0v) is 11.1. The van der Waals surface area contributed by atoms with Crippen molar-refractivity contribution in [2.24, 2.45) is 5.73 Å². The average molecular weight is 285 g/mol. The molecule has 0 aliphatic heterocycles. The maximum Gasteiger partial charge on any atom is 0.309 e. The van der Waals surface area contributed by atoms with Crippen LogP contribution in [0.3, 0.4) is 0 Å². The Hall–Kier alpha value is -1.43. The molecule has 6 heteroatoms. The van der Waals surface area contributed by atoms with Crippen LogP contribution >= 0.6 is 23.7 Å². The molecule has 0 bridgehead atoms. The number of carboxylic acid groups (broad SMARTS) is 1. The first-order valence-electron chi connectivity index (χ1n) is 5.14. The lowest BCUT2D eigenvalue weighted by Gasteiger charge is -1.99. The summed E-state index contributed by atoms with van der Waals surface area (Å²) in [5.41, 5.74) is 8.19. The van der Waals surface area contributed by atoms with Crippen molar-refractivity contribution in [1.29, 1.82) is 0 Å². The van der Waals surface area contributed by atoms with Crippen LogP contribution in [-0.4, -0.2) is 16.1 Å². The van der Waals surface area contributed by atoms with Gasteiger partial charge < -0.3 is 10.8 Å². The fraction of sp³-hybridized carbons (Fsp3) is 0.167. The second kappa shape index (κ2) is 6.49. The molecule has 0 amide bonds. The summed E-state index contributed by atoms with van der Waals surface area (Å²) in [6.07, 6.45) is -0.0346. The van der Waals surface area contributed by atoms with Crippen LogP contribution in [0.1, 0.15) is 11.3 Å². The van der Waals surface area contributed by atoms with E-state index >= 15 is 0 Å². The summed E-state index contributed by atoms with van der Waals surface area (Å²) in [4.78, 5) is 14.9. The lowest BCUT2D eigenvalue weighted by molar-refractivity contribution is -0.136. The summed E-state index contributed by atoms with van der Waals surface area (Å²) in [5, 5.41) is 11.3. The van der Waals surface area contributed by atoms with Crippen molar-refractivity contribution in [2.45, 2.75) is 13.0 Å². The Bertz CT molecular complexity index is 542. The fourth-order valence-electron chi connectivity index (χ4n) is 1.51. The molecule has 0 saturated carbocycles. The van der Waals surface area contributed by atoms with Gasteiger partial charge in [0.1, 0.15) is 5.01 Å². The fourth-order valence-corrected chi connectivity index (χ4v) is 2.32. The number of halogens is 1. The number of rotatable bonds is 4. The zero-order valence-electron chi connectivity index (χ0n) is 9.50. The van der Waals surface area contributed by atoms with Crippen LogP contribution in [0.5, 0.6) is 0 Å². The van der Waals surface area contributed by atoms with Gasteiger partial charge in [-0.1, -0.05) is 18.2 Å². The van der Waals surface area contributed by atoms with Crippen LogP contribution < -0.4 is 5.73 Å². The summed E-state index contributed by atoms with van der Waals surface area (Å²) in [5.74, 6) is -0.863. The minimum absolute atomic E-state index is 0. The topological polar surface area (TPSA) is 76.2 Å². The molecular formula is C12H13ClN2O2S. The van der Waals surface area contributed by atoms with Crippen molar-refractivity contribution in [3.63, 3.8) is 0 Å². The summed E-state index contributed by atoms with van der Waals surface area (Å²) in [6.45, 7) is 0.487. The van der Waals surface area contributed by atoms with Crippen LogP contribution in [0, 0.1) is 0 Å². The monoisotopic (exact) mass is 284 g/mol. The highest BCUT2D eigenvalue weighted by molar-refractivity contribution is 7.13. The normalized spacial score (nSPS) is 9.83. The molecule has 0 atom stereocenters. The van der Waals surface area contributed by atoms with E-state index in [0.29, 0.717) is 12.2 Å². The minimum atomic E-state index is -0.863. The van der Waals surface area contributed by atoms with E-state index in [9.17, 15) is 4.79 Å². The van der Waals surface area contributed by atoms with Gasteiger partial charge >= 0.3 is 5.97 Å². The van der Waals surface area contributed by atoms with Gasteiger partial charge in [0.25, 0.3) is 0 Å². The summed E-state index contributed by atoms with van der Waals surface area (Å²) in [7, 11) is 0. The van der Waals surface area contributed by atoms with Gasteiger partial charge in [-0.2, -0.15) is 0 Å². The quantitative estimate of drug-likeness (QED) is 0.903. The molecule has 3 N–H and O–H groups in total. The number of hydrogen-bond acceptors (Lipinski definition) is 4. The second-order valence-corrected chi connectivity index (χ2v) is 4.48. The highest BCUT2D eigenvalue weighted by Gasteiger charge is 2.07. The summed E-state index contributed by atoms with van der Waals surface area (Å²) >= 11 is 1.45. The maximum atomic E-state index is 10.6. The standard InChI is InChI=1S/C12H12N2O2S.ClH/c13-6-8-2-1-3-9(4-8)12-14-10(7-17-12)5-11(15)16;/h1-4,7H,5-6,13H2,(H,15,16);1H. The molecule has 1 heterocycles. The number of benzene rings is 1. The van der Waals surface area contributed by atoms with Crippen LogP contribution in [-0.2, 0) is 17.8 Å². The highest BCUT2D eigenvalue weighted by Crippen LogP contribution is 2.24. The predicted molar refractivity (Wildman–Crippen MR) is 74.0 cm³/mol. The van der Waals surface area contributed by atoms with Crippen molar-refractivity contribution >= 4 is 29.7 Å². The van der Waals surface area contributed by atoms with E-state index in [0.717, 1.165) is 16.1 Å². The van der Waals surface area contributed by atoms with E-state index in [1.807, 2.05) is 24.3 Å². The van der Waals surface area contributed by atoms with Gasteiger partial charge in [-0.05, 0) is 11.6 Å². The van der Waals surface area contributed by atoms with Crippen molar-refractivity contribution in [3.05, 3.63) is 40.9 Å². The number of thiazole rings is 1. The van der Waals surface area contributed by atoms with Gasteiger partial charge in [-0.3, -0.25) is 4.79 Å². The summed E-state index contributed by atoms with van der Waals surface area (Å²) in [6, 6.07) is 7.80. The lowest BCUT2D eigenvalue weighted by Crippen LogP contribution is -2.00. The molecule has 0 fully saturated rings. The number of nitrogens with two attached hydrogens (primary N) is 1. The Kier molecular flexibility index (Phi) is 5.27. The van der Waals surface area contributed by atoms with E-state index in [-0.39, 0.29) is 18.8 Å². The molecule has 2 aromatic rings. The molecule has 96 valence electrons. The Labute approximate surface area is 115 Å². The predicted octanol–water partition coefficient (Wildman–Crippen LogP) is 2.32. The number of carboxylic acids is 1. The first kappa shape index (κ1) is 14.6. The first-order valence-corrected chi connectivity index (χ1v) is 6.02. The van der Waals surface area contributed by atoms with Gasteiger partial charge in [0.05, 0.1) is 12.1 Å². The van der Waals surface area contributed by atoms with Crippen LogP contribution in [0.15, 0.2) is 29.6 Å². The van der Waals surface area contributed by atoms with Gasteiger partial charge in [0, 0.05) is 17.5 Å². The third-order valence-corrected chi connectivity index (χ3v) is 3.23. The third kappa shape index (κ3) is 3.53. The van der Waals surface area contributed by atoms with Gasteiger partial charge in [0.15, 0.2) is 0 Å². The number of hydrogen-bond donors (Lipinski definition) is 2. The summed E-state index contributed by atoms with van der Waals surface area (Å²) < 4.78 is 0. The molecule has 0 unspecified atom stereocenters. The Morgan fingerprint density at radius 1 is 1.44 bits per heavy atom. The van der Waals surface area contributed by atoms with Crippen molar-refractivity contribution in [3.8, 4) is 10.6 Å². The number of nitrogens with zero attached hydrogens (tertiary/aromatic N) is 1. The molecule has 1 aromatic heterocycles. The number of aliphatic carboxylic acids is 1. The molecule has 0 aliphatic rings. The van der Waals surface area contributed by atoms with Crippen LogP contribution in [0.25, 0.3) is 10.6 Å². The third-order valence-electron chi connectivity index (χ3n) is 2.29. The number of carbonyl (C=O) groups is 1. The number of aromatic nitrogens is 1. The maximum absolute atomic E-state index is 10.6. The molecule has 1 aromatic carbocycles. The molecule has 4 nitrogen and oxygen atoms in total. The van der Waals surface area contributed by atoms with Gasteiger partial charge in [-0.15, -0.1) is 23.7 Å². The molecule has 2 rings (SSSR count). The minimum Gasteiger partial charge on any atom is -0.481 e. The van der Waals surface area contributed by atoms with E-state index in [1.54, 1.807) is 5.38 Å². The Morgan fingerprint density at radius 3 is 2.89 bits per heavy atom. The van der Waals surface area contributed by atoms with E-state index in [4.69, 9.17) is 10.8 Å². The van der Waals surface area contributed by atoms with Gasteiger partial charge in [0.2, 0.25) is 0 Å². The molecule has 18 heavy (non-hydrogen) atoms. The van der Waals surface area contributed by atoms with Crippen molar-refractivity contribution in [1.82, 2.24) is 4.98 Å². The van der Waals surface area contributed by atoms with E-state index < -0.39 is 5.97 Å². The smallest absolute Gasteiger partial charge is 0.309 e. The van der Waals surface area contributed by atoms with Crippen LogP contribution in [0.2, 0.25) is 0 Å². The SMILES string of the molecule is Cl.NCc1cccc(-c2nc(CC(=O)O)cs2)c1. The Morgan fingerprint density at radius 2 is 2.22 bits per heavy atom. The molecule has 0 aliphatic carbocycles. The Balaban J connectivity index is 0.00000162. The highest BCUT2D eigenvalue weighted by atomic mass is 35.5. The van der Waals surface area contributed by atoms with E-state index in [2.05, 4.69) is 4.98 Å². The first-order chi connectivity index (χ1) is 8.19. The molecule has 0 saturated heterocycles. The largest absolute Gasteiger partial charge is 0.481 e. The van der Waals surface area contributed by atoms with Crippen molar-refractivity contribution < 1.29 is 9.90 Å². The van der Waals surface area contributed by atoms with Crippen LogP contribution in [0.4, 0.5) is 0 Å². The average Bonchev–Trinajstić information content (AvgIpc) is 2.77. The molecule has 0 radical (unpaired) electrons. The second-order valence-electron chi connectivity index (χ2n) is 3.62. The van der Waals surface area contributed by atoms with Crippen molar-refractivity contribution in [2.75, 3.05) is 0 Å².